The second kappa shape index (κ2) is 7.37. The molecule has 0 atom stereocenters. The fourth-order valence-corrected chi connectivity index (χ4v) is 3.48. The van der Waals surface area contributed by atoms with E-state index in [4.69, 9.17) is 12.2 Å². The van der Waals surface area contributed by atoms with Gasteiger partial charge in [-0.25, -0.2) is 4.98 Å². The molecule has 1 aromatic heterocycles. The predicted octanol–water partition coefficient (Wildman–Crippen LogP) is 2.57. The molecule has 2 N–H and O–H groups in total. The number of benzene rings is 1. The molecule has 4 nitrogen and oxygen atoms in total. The van der Waals surface area contributed by atoms with E-state index < -0.39 is 0 Å². The number of carbonyl (C=O) groups excluding carboxylic acids is 1. The molecule has 104 valence electrons. The average molecular weight is 323 g/mol. The van der Waals surface area contributed by atoms with Gasteiger partial charge in [-0.2, -0.15) is 0 Å². The normalized spacial score (nSPS) is 10.2. The minimum atomic E-state index is -0.143. The Labute approximate surface area is 130 Å². The Morgan fingerprint density at radius 3 is 3.05 bits per heavy atom. The van der Waals surface area contributed by atoms with Crippen LogP contribution >= 0.6 is 35.3 Å². The monoisotopic (exact) mass is 323 g/mol. The van der Waals surface area contributed by atoms with Crippen LogP contribution in [0.4, 0.5) is 0 Å². The third-order valence-corrected chi connectivity index (χ3v) is 4.69. The van der Waals surface area contributed by atoms with Crippen molar-refractivity contribution in [1.82, 2.24) is 15.6 Å². The van der Waals surface area contributed by atoms with Crippen LogP contribution in [-0.4, -0.2) is 28.3 Å². The largest absolute Gasteiger partial charge is 0.359 e. The van der Waals surface area contributed by atoms with E-state index >= 15 is 0 Å². The number of para-hydroxylation sites is 1. The van der Waals surface area contributed by atoms with Crippen LogP contribution in [0, 0.1) is 0 Å². The van der Waals surface area contributed by atoms with Crippen molar-refractivity contribution < 1.29 is 4.79 Å². The van der Waals surface area contributed by atoms with E-state index in [1.807, 2.05) is 24.3 Å². The minimum absolute atomic E-state index is 0.143. The molecule has 0 unspecified atom stereocenters. The van der Waals surface area contributed by atoms with Crippen molar-refractivity contribution in [3.63, 3.8) is 0 Å². The van der Waals surface area contributed by atoms with Crippen molar-refractivity contribution in [2.45, 2.75) is 4.34 Å². The van der Waals surface area contributed by atoms with Crippen molar-refractivity contribution >= 4 is 56.6 Å². The average Bonchev–Trinajstić information content (AvgIpc) is 2.85. The Morgan fingerprint density at radius 1 is 1.50 bits per heavy atom. The third kappa shape index (κ3) is 4.29. The number of nitrogens with zero attached hydrogens (tertiary/aromatic N) is 1. The van der Waals surface area contributed by atoms with E-state index in [0.717, 1.165) is 14.6 Å². The molecule has 0 saturated carbocycles. The number of fused-ring (bicyclic) bond motifs is 1. The maximum absolute atomic E-state index is 11.7. The number of hydrogen-bond donors (Lipinski definition) is 2. The molecule has 0 saturated heterocycles. The first kappa shape index (κ1) is 15.0. The quantitative estimate of drug-likeness (QED) is 0.503. The lowest BCUT2D eigenvalue weighted by molar-refractivity contribution is -0.117. The Morgan fingerprint density at radius 2 is 2.30 bits per heavy atom. The standard InChI is InChI=1S/C13H13N3OS3/c1-2-7-14-12(18)16-11(17)8-19-13-15-9-5-3-4-6-10(9)20-13/h2-6H,1,7-8H2,(H2,14,16,17,18). The molecule has 0 fully saturated rings. The fourth-order valence-electron chi connectivity index (χ4n) is 1.41. The molecule has 0 aliphatic carbocycles. The van der Waals surface area contributed by atoms with Crippen LogP contribution < -0.4 is 10.6 Å². The highest BCUT2D eigenvalue weighted by molar-refractivity contribution is 8.01. The molecular weight excluding hydrogens is 310 g/mol. The Hall–Kier alpha value is -1.44. The molecule has 0 aliphatic rings. The molecule has 20 heavy (non-hydrogen) atoms. The summed E-state index contributed by atoms with van der Waals surface area (Å²) in [4.78, 5) is 16.1. The van der Waals surface area contributed by atoms with Crippen LogP contribution in [0.2, 0.25) is 0 Å². The van der Waals surface area contributed by atoms with Gasteiger partial charge in [0, 0.05) is 6.54 Å². The SMILES string of the molecule is C=CCNC(=S)NC(=O)CSc1nc2ccccc2s1. The van der Waals surface area contributed by atoms with E-state index in [9.17, 15) is 4.79 Å². The van der Waals surface area contributed by atoms with Crippen molar-refractivity contribution in [2.75, 3.05) is 12.3 Å². The van der Waals surface area contributed by atoms with Crippen molar-refractivity contribution in [2.24, 2.45) is 0 Å². The molecule has 2 rings (SSSR count). The van der Waals surface area contributed by atoms with Crippen LogP contribution in [0.3, 0.4) is 0 Å². The van der Waals surface area contributed by atoms with Crippen LogP contribution in [0.25, 0.3) is 10.2 Å². The predicted molar refractivity (Wildman–Crippen MR) is 89.3 cm³/mol. The smallest absolute Gasteiger partial charge is 0.236 e. The Bertz CT molecular complexity index is 606. The maximum atomic E-state index is 11.7. The third-order valence-electron chi connectivity index (χ3n) is 2.26. The number of nitrogens with one attached hydrogen (secondary N) is 2. The second-order valence-corrected chi connectivity index (χ2v) is 6.44. The number of aromatic nitrogens is 1. The Kier molecular flexibility index (Phi) is 5.51. The molecule has 0 spiro atoms. The number of thiazole rings is 1. The topological polar surface area (TPSA) is 54.0 Å². The Balaban J connectivity index is 1.83. The van der Waals surface area contributed by atoms with E-state index in [1.54, 1.807) is 17.4 Å². The van der Waals surface area contributed by atoms with Gasteiger partial charge in [0.1, 0.15) is 0 Å². The van der Waals surface area contributed by atoms with Gasteiger partial charge >= 0.3 is 0 Å². The molecule has 1 amide bonds. The van der Waals surface area contributed by atoms with Gasteiger partial charge in [0.25, 0.3) is 0 Å². The van der Waals surface area contributed by atoms with Crippen LogP contribution in [0.15, 0.2) is 41.3 Å². The van der Waals surface area contributed by atoms with Crippen LogP contribution in [0.1, 0.15) is 0 Å². The summed E-state index contributed by atoms with van der Waals surface area (Å²) < 4.78 is 2.00. The summed E-state index contributed by atoms with van der Waals surface area (Å²) in [7, 11) is 0. The van der Waals surface area contributed by atoms with Crippen molar-refractivity contribution in [1.29, 1.82) is 0 Å². The maximum Gasteiger partial charge on any atom is 0.236 e. The van der Waals surface area contributed by atoms with Gasteiger partial charge in [-0.1, -0.05) is 30.0 Å². The van der Waals surface area contributed by atoms with E-state index in [-0.39, 0.29) is 11.7 Å². The van der Waals surface area contributed by atoms with Crippen LogP contribution in [-0.2, 0) is 4.79 Å². The number of carbonyl (C=O) groups is 1. The molecule has 0 radical (unpaired) electrons. The van der Waals surface area contributed by atoms with Gasteiger partial charge in [-0.3, -0.25) is 4.79 Å². The lowest BCUT2D eigenvalue weighted by atomic mass is 10.3. The summed E-state index contributed by atoms with van der Waals surface area (Å²) in [5, 5.41) is 5.77. The van der Waals surface area contributed by atoms with Crippen molar-refractivity contribution in [3.05, 3.63) is 36.9 Å². The summed E-state index contributed by atoms with van der Waals surface area (Å²) in [6, 6.07) is 7.91. The van der Waals surface area contributed by atoms with Crippen LogP contribution in [0.5, 0.6) is 0 Å². The first-order valence-electron chi connectivity index (χ1n) is 5.86. The van der Waals surface area contributed by atoms with E-state index in [1.165, 1.54) is 11.8 Å². The van der Waals surface area contributed by atoms with E-state index in [2.05, 4.69) is 22.2 Å². The highest BCUT2D eigenvalue weighted by atomic mass is 32.2. The zero-order valence-corrected chi connectivity index (χ0v) is 13.0. The number of amides is 1. The highest BCUT2D eigenvalue weighted by Crippen LogP contribution is 2.28. The highest BCUT2D eigenvalue weighted by Gasteiger charge is 2.08. The van der Waals surface area contributed by atoms with Gasteiger partial charge < -0.3 is 10.6 Å². The van der Waals surface area contributed by atoms with E-state index in [0.29, 0.717) is 11.7 Å². The lowest BCUT2D eigenvalue weighted by Gasteiger charge is -2.06. The second-order valence-electron chi connectivity index (χ2n) is 3.78. The van der Waals surface area contributed by atoms with Gasteiger partial charge in [-0.05, 0) is 24.4 Å². The lowest BCUT2D eigenvalue weighted by Crippen LogP contribution is -2.40. The van der Waals surface area contributed by atoms with Gasteiger partial charge in [0.15, 0.2) is 9.45 Å². The number of thioether (sulfide) groups is 1. The molecule has 0 bridgehead atoms. The van der Waals surface area contributed by atoms with Crippen molar-refractivity contribution in [3.8, 4) is 0 Å². The fraction of sp³-hybridized carbons (Fsp3) is 0.154. The molecule has 7 heteroatoms. The summed E-state index contributed by atoms with van der Waals surface area (Å²) >= 11 is 7.96. The summed E-state index contributed by atoms with van der Waals surface area (Å²) in [5.41, 5.74) is 0.962. The molecular formula is C13H13N3OS3. The molecule has 1 aromatic carbocycles. The first-order valence-corrected chi connectivity index (χ1v) is 8.07. The van der Waals surface area contributed by atoms with Gasteiger partial charge in [-0.15, -0.1) is 17.9 Å². The zero-order valence-electron chi connectivity index (χ0n) is 10.6. The van der Waals surface area contributed by atoms with Gasteiger partial charge in [0.2, 0.25) is 5.91 Å². The van der Waals surface area contributed by atoms with Gasteiger partial charge in [0.05, 0.1) is 16.0 Å². The number of rotatable bonds is 5. The molecule has 0 aliphatic heterocycles. The summed E-state index contributed by atoms with van der Waals surface area (Å²) in [6.07, 6.45) is 1.67. The summed E-state index contributed by atoms with van der Waals surface area (Å²) in [5.74, 6) is 0.145. The molecule has 2 aromatic rings. The minimum Gasteiger partial charge on any atom is -0.359 e. The summed E-state index contributed by atoms with van der Waals surface area (Å²) in [6.45, 7) is 4.09. The zero-order chi connectivity index (χ0) is 14.4. The molecule has 1 heterocycles. The first-order chi connectivity index (χ1) is 9.69. The number of thiocarbonyl (C=S) groups is 1. The number of hydrogen-bond acceptors (Lipinski definition) is 5.